The molecule has 2 N–H and O–H groups in total. The Morgan fingerprint density at radius 3 is 2.27 bits per heavy atom. The first-order valence-corrected chi connectivity index (χ1v) is 5.04. The number of benzene rings is 1. The fraction of sp³-hybridized carbons (Fsp3) is 0.0833. The van der Waals surface area contributed by atoms with Crippen molar-refractivity contribution in [3.8, 4) is 11.3 Å². The van der Waals surface area contributed by atoms with E-state index in [9.17, 15) is 0 Å². The molecule has 1 aromatic heterocycles. The smallest absolute Gasteiger partial charge is 0.134 e. The van der Waals surface area contributed by atoms with Crippen LogP contribution >= 0.6 is 12.2 Å². The summed E-state index contributed by atoms with van der Waals surface area (Å²) in [5.41, 5.74) is 7.42. The van der Waals surface area contributed by atoms with Crippen LogP contribution in [0.5, 0.6) is 0 Å². The lowest BCUT2D eigenvalue weighted by molar-refractivity contribution is 0.548. The topological polar surface area (TPSA) is 39.2 Å². The van der Waals surface area contributed by atoms with Gasteiger partial charge in [0.25, 0.3) is 0 Å². The van der Waals surface area contributed by atoms with Crippen molar-refractivity contribution in [2.24, 2.45) is 5.73 Å². The Morgan fingerprint density at radius 2 is 1.80 bits per heavy atom. The molecule has 3 heteroatoms. The first-order valence-electron chi connectivity index (χ1n) is 4.63. The van der Waals surface area contributed by atoms with Crippen LogP contribution in [0.2, 0.25) is 0 Å². The van der Waals surface area contributed by atoms with Crippen LogP contribution in [0.3, 0.4) is 0 Å². The quantitative estimate of drug-likeness (QED) is 0.786. The molecule has 2 rings (SSSR count). The molecular formula is C12H11NOS. The minimum Gasteiger partial charge on any atom is -0.461 e. The molecule has 0 aliphatic heterocycles. The molecular weight excluding hydrogens is 206 g/mol. The summed E-state index contributed by atoms with van der Waals surface area (Å²) < 4.78 is 5.51. The van der Waals surface area contributed by atoms with Gasteiger partial charge in [0.1, 0.15) is 16.5 Å². The van der Waals surface area contributed by atoms with Crippen molar-refractivity contribution < 1.29 is 4.42 Å². The van der Waals surface area contributed by atoms with Crippen LogP contribution in [0, 0.1) is 6.92 Å². The second-order valence-corrected chi connectivity index (χ2v) is 3.79. The van der Waals surface area contributed by atoms with Gasteiger partial charge in [0.05, 0.1) is 0 Å². The second kappa shape index (κ2) is 3.87. The fourth-order valence-corrected chi connectivity index (χ4v) is 1.52. The van der Waals surface area contributed by atoms with Gasteiger partial charge in [-0.05, 0) is 19.1 Å². The standard InChI is InChI=1S/C12H11NOS/c1-8-2-7-11(14-8)9-3-5-10(6-4-9)12(13)15/h2-7H,1H3,(H2,13,15). The Bertz CT molecular complexity index is 485. The van der Waals surface area contributed by atoms with E-state index < -0.39 is 0 Å². The molecule has 0 radical (unpaired) electrons. The zero-order chi connectivity index (χ0) is 10.8. The molecule has 0 saturated carbocycles. The molecule has 0 aliphatic rings. The normalized spacial score (nSPS) is 10.2. The Hall–Kier alpha value is -1.61. The Labute approximate surface area is 93.7 Å². The van der Waals surface area contributed by atoms with Gasteiger partial charge in [-0.25, -0.2) is 0 Å². The van der Waals surface area contributed by atoms with Crippen molar-refractivity contribution in [3.05, 3.63) is 47.7 Å². The highest BCUT2D eigenvalue weighted by molar-refractivity contribution is 7.80. The fourth-order valence-electron chi connectivity index (χ4n) is 1.39. The van der Waals surface area contributed by atoms with E-state index in [1.54, 1.807) is 0 Å². The van der Waals surface area contributed by atoms with Gasteiger partial charge in [0, 0.05) is 11.1 Å². The largest absolute Gasteiger partial charge is 0.461 e. The van der Waals surface area contributed by atoms with E-state index in [2.05, 4.69) is 0 Å². The molecule has 2 nitrogen and oxygen atoms in total. The predicted molar refractivity (Wildman–Crippen MR) is 64.8 cm³/mol. The van der Waals surface area contributed by atoms with Crippen LogP contribution in [0.25, 0.3) is 11.3 Å². The molecule has 76 valence electrons. The molecule has 1 aromatic carbocycles. The Balaban J connectivity index is 2.35. The van der Waals surface area contributed by atoms with Gasteiger partial charge in [-0.1, -0.05) is 36.5 Å². The number of thiocarbonyl (C=S) groups is 1. The predicted octanol–water partition coefficient (Wildman–Crippen LogP) is 2.89. The Kier molecular flexibility index (Phi) is 2.56. The minimum absolute atomic E-state index is 0.414. The van der Waals surface area contributed by atoms with Crippen molar-refractivity contribution in [3.63, 3.8) is 0 Å². The summed E-state index contributed by atoms with van der Waals surface area (Å²) in [6, 6.07) is 11.6. The highest BCUT2D eigenvalue weighted by Crippen LogP contribution is 2.21. The number of hydrogen-bond donors (Lipinski definition) is 1. The number of furan rings is 1. The SMILES string of the molecule is Cc1ccc(-c2ccc(C(N)=S)cc2)o1. The van der Waals surface area contributed by atoms with E-state index in [0.717, 1.165) is 22.6 Å². The highest BCUT2D eigenvalue weighted by Gasteiger charge is 2.02. The van der Waals surface area contributed by atoms with Crippen molar-refractivity contribution in [1.29, 1.82) is 0 Å². The van der Waals surface area contributed by atoms with E-state index in [0.29, 0.717) is 4.99 Å². The third kappa shape index (κ3) is 2.07. The summed E-state index contributed by atoms with van der Waals surface area (Å²) in [6.07, 6.45) is 0. The van der Waals surface area contributed by atoms with Crippen molar-refractivity contribution in [2.75, 3.05) is 0 Å². The van der Waals surface area contributed by atoms with E-state index in [1.165, 1.54) is 0 Å². The highest BCUT2D eigenvalue weighted by atomic mass is 32.1. The number of aryl methyl sites for hydroxylation is 1. The van der Waals surface area contributed by atoms with Crippen LogP contribution < -0.4 is 5.73 Å². The number of hydrogen-bond acceptors (Lipinski definition) is 2. The van der Waals surface area contributed by atoms with E-state index in [4.69, 9.17) is 22.4 Å². The first kappa shape index (κ1) is 9.93. The molecule has 1 heterocycles. The third-order valence-electron chi connectivity index (χ3n) is 2.19. The maximum Gasteiger partial charge on any atom is 0.134 e. The summed E-state index contributed by atoms with van der Waals surface area (Å²) in [5, 5.41) is 0. The van der Waals surface area contributed by atoms with Crippen LogP contribution in [-0.2, 0) is 0 Å². The molecule has 0 spiro atoms. The zero-order valence-corrected chi connectivity index (χ0v) is 9.17. The van der Waals surface area contributed by atoms with Crippen molar-refractivity contribution in [2.45, 2.75) is 6.92 Å². The van der Waals surface area contributed by atoms with Crippen LogP contribution in [-0.4, -0.2) is 4.99 Å². The summed E-state index contributed by atoms with van der Waals surface area (Å²) in [7, 11) is 0. The van der Waals surface area contributed by atoms with E-state index in [1.807, 2.05) is 43.3 Å². The van der Waals surface area contributed by atoms with Crippen LogP contribution in [0.15, 0.2) is 40.8 Å². The van der Waals surface area contributed by atoms with E-state index >= 15 is 0 Å². The maximum atomic E-state index is 5.51. The van der Waals surface area contributed by atoms with Gasteiger partial charge in [0.15, 0.2) is 0 Å². The summed E-state index contributed by atoms with van der Waals surface area (Å²) in [6.45, 7) is 1.92. The molecule has 2 aromatic rings. The van der Waals surface area contributed by atoms with Crippen molar-refractivity contribution >= 4 is 17.2 Å². The average Bonchev–Trinajstić information content (AvgIpc) is 2.65. The van der Waals surface area contributed by atoms with Crippen LogP contribution in [0.1, 0.15) is 11.3 Å². The lowest BCUT2D eigenvalue weighted by atomic mass is 10.1. The molecule has 15 heavy (non-hydrogen) atoms. The monoisotopic (exact) mass is 217 g/mol. The zero-order valence-electron chi connectivity index (χ0n) is 8.36. The Morgan fingerprint density at radius 1 is 1.13 bits per heavy atom. The van der Waals surface area contributed by atoms with Gasteiger partial charge >= 0.3 is 0 Å². The minimum atomic E-state index is 0.414. The average molecular weight is 217 g/mol. The van der Waals surface area contributed by atoms with E-state index in [-0.39, 0.29) is 0 Å². The third-order valence-corrected chi connectivity index (χ3v) is 2.43. The van der Waals surface area contributed by atoms with Crippen LogP contribution in [0.4, 0.5) is 0 Å². The second-order valence-electron chi connectivity index (χ2n) is 3.35. The molecule has 0 aliphatic carbocycles. The summed E-state index contributed by atoms with van der Waals surface area (Å²) >= 11 is 4.88. The lowest BCUT2D eigenvalue weighted by Gasteiger charge is -2.00. The first-order chi connectivity index (χ1) is 7.16. The maximum absolute atomic E-state index is 5.51. The number of nitrogens with two attached hydrogens (primary N) is 1. The van der Waals surface area contributed by atoms with Gasteiger partial charge in [0.2, 0.25) is 0 Å². The van der Waals surface area contributed by atoms with Gasteiger partial charge in [-0.3, -0.25) is 0 Å². The number of rotatable bonds is 2. The molecule has 0 saturated heterocycles. The summed E-state index contributed by atoms with van der Waals surface area (Å²) in [5.74, 6) is 1.77. The molecule has 0 amide bonds. The van der Waals surface area contributed by atoms with Gasteiger partial charge < -0.3 is 10.2 Å². The van der Waals surface area contributed by atoms with Crippen molar-refractivity contribution in [1.82, 2.24) is 0 Å². The molecule has 0 fully saturated rings. The van der Waals surface area contributed by atoms with Gasteiger partial charge in [-0.15, -0.1) is 0 Å². The molecule has 0 bridgehead atoms. The lowest BCUT2D eigenvalue weighted by Crippen LogP contribution is -2.08. The molecule has 0 atom stereocenters. The van der Waals surface area contributed by atoms with Gasteiger partial charge in [-0.2, -0.15) is 0 Å². The summed E-state index contributed by atoms with van der Waals surface area (Å²) in [4.78, 5) is 0.414. The molecule has 0 unspecified atom stereocenters.